The second-order valence-electron chi connectivity index (χ2n) is 4.87. The number of nitrogens with zero attached hydrogens (tertiary/aromatic N) is 1. The number of aryl methyl sites for hydroxylation is 1. The van der Waals surface area contributed by atoms with Crippen LogP contribution in [0.5, 0.6) is 0 Å². The predicted octanol–water partition coefficient (Wildman–Crippen LogP) is 1.95. The zero-order chi connectivity index (χ0) is 12.4. The molecule has 1 aromatic rings. The number of anilines is 1. The number of nitrogens with two attached hydrogens (primary N) is 1. The van der Waals surface area contributed by atoms with Gasteiger partial charge in [0, 0.05) is 18.3 Å². The topological polar surface area (TPSA) is 46.3 Å². The summed E-state index contributed by atoms with van der Waals surface area (Å²) in [6, 6.07) is 8.05. The molecule has 1 aliphatic heterocycles. The number of carbonyl (C=O) groups is 1. The van der Waals surface area contributed by atoms with Gasteiger partial charge in [-0.2, -0.15) is 0 Å². The van der Waals surface area contributed by atoms with Crippen molar-refractivity contribution < 1.29 is 4.79 Å². The van der Waals surface area contributed by atoms with Crippen LogP contribution in [0.3, 0.4) is 0 Å². The van der Waals surface area contributed by atoms with Gasteiger partial charge in [0.05, 0.1) is 5.92 Å². The third-order valence-electron chi connectivity index (χ3n) is 3.55. The SMILES string of the molecule is CC(N)C(C)C(=O)N1CCCc2ccccc21. The van der Waals surface area contributed by atoms with E-state index in [1.54, 1.807) is 0 Å². The van der Waals surface area contributed by atoms with Crippen molar-refractivity contribution in [1.29, 1.82) is 0 Å². The Labute approximate surface area is 103 Å². The molecule has 0 radical (unpaired) electrons. The summed E-state index contributed by atoms with van der Waals surface area (Å²) in [5.41, 5.74) is 8.15. The van der Waals surface area contributed by atoms with Crippen LogP contribution < -0.4 is 10.6 Å². The van der Waals surface area contributed by atoms with Gasteiger partial charge in [-0.15, -0.1) is 0 Å². The molecule has 2 N–H and O–H groups in total. The molecule has 0 saturated carbocycles. The Morgan fingerprint density at radius 2 is 2.06 bits per heavy atom. The minimum absolute atomic E-state index is 0.100. The van der Waals surface area contributed by atoms with Crippen molar-refractivity contribution in [2.24, 2.45) is 11.7 Å². The van der Waals surface area contributed by atoms with Crippen molar-refractivity contribution in [3.05, 3.63) is 29.8 Å². The molecule has 17 heavy (non-hydrogen) atoms. The Morgan fingerprint density at radius 1 is 1.35 bits per heavy atom. The molecule has 0 aliphatic carbocycles. The van der Waals surface area contributed by atoms with E-state index in [4.69, 9.17) is 5.73 Å². The van der Waals surface area contributed by atoms with Gasteiger partial charge in [-0.05, 0) is 31.4 Å². The van der Waals surface area contributed by atoms with E-state index in [1.165, 1.54) is 5.56 Å². The highest BCUT2D eigenvalue weighted by Crippen LogP contribution is 2.28. The van der Waals surface area contributed by atoms with Crippen LogP contribution in [0.25, 0.3) is 0 Å². The standard InChI is InChI=1S/C14H20N2O/c1-10(11(2)15)14(17)16-9-5-7-12-6-3-4-8-13(12)16/h3-4,6,8,10-11H,5,7,9,15H2,1-2H3. The first-order valence-electron chi connectivity index (χ1n) is 6.26. The molecule has 2 atom stereocenters. The monoisotopic (exact) mass is 232 g/mol. The second-order valence-corrected chi connectivity index (χ2v) is 4.87. The average molecular weight is 232 g/mol. The minimum atomic E-state index is -0.124. The van der Waals surface area contributed by atoms with Gasteiger partial charge < -0.3 is 10.6 Å². The van der Waals surface area contributed by atoms with Crippen molar-refractivity contribution in [2.75, 3.05) is 11.4 Å². The normalized spacial score (nSPS) is 18.4. The highest BCUT2D eigenvalue weighted by Gasteiger charge is 2.27. The Morgan fingerprint density at radius 3 is 2.76 bits per heavy atom. The van der Waals surface area contributed by atoms with Crippen molar-refractivity contribution in [1.82, 2.24) is 0 Å². The molecule has 3 heteroatoms. The number of hydrogen-bond donors (Lipinski definition) is 1. The lowest BCUT2D eigenvalue weighted by atomic mass is 9.97. The van der Waals surface area contributed by atoms with Crippen molar-refractivity contribution in [3.8, 4) is 0 Å². The molecule has 0 fully saturated rings. The quantitative estimate of drug-likeness (QED) is 0.847. The summed E-state index contributed by atoms with van der Waals surface area (Å²) < 4.78 is 0. The van der Waals surface area contributed by atoms with E-state index in [9.17, 15) is 4.79 Å². The number of para-hydroxylation sites is 1. The van der Waals surface area contributed by atoms with E-state index in [0.29, 0.717) is 0 Å². The van der Waals surface area contributed by atoms with Gasteiger partial charge in [0.15, 0.2) is 0 Å². The van der Waals surface area contributed by atoms with Crippen LogP contribution in [0.15, 0.2) is 24.3 Å². The van der Waals surface area contributed by atoms with Gasteiger partial charge in [0.1, 0.15) is 0 Å². The minimum Gasteiger partial charge on any atom is -0.327 e. The van der Waals surface area contributed by atoms with Crippen molar-refractivity contribution >= 4 is 11.6 Å². The smallest absolute Gasteiger partial charge is 0.231 e. The first-order valence-corrected chi connectivity index (χ1v) is 6.26. The van der Waals surface area contributed by atoms with E-state index in [1.807, 2.05) is 36.9 Å². The van der Waals surface area contributed by atoms with E-state index >= 15 is 0 Å². The zero-order valence-electron chi connectivity index (χ0n) is 10.5. The van der Waals surface area contributed by atoms with Crippen molar-refractivity contribution in [3.63, 3.8) is 0 Å². The predicted molar refractivity (Wildman–Crippen MR) is 69.9 cm³/mol. The Kier molecular flexibility index (Phi) is 3.48. The first-order chi connectivity index (χ1) is 8.11. The zero-order valence-corrected chi connectivity index (χ0v) is 10.5. The first kappa shape index (κ1) is 12.1. The number of rotatable bonds is 2. The van der Waals surface area contributed by atoms with Crippen LogP contribution in [-0.4, -0.2) is 18.5 Å². The fourth-order valence-corrected chi connectivity index (χ4v) is 2.23. The van der Waals surface area contributed by atoms with Gasteiger partial charge >= 0.3 is 0 Å². The largest absolute Gasteiger partial charge is 0.327 e. The highest BCUT2D eigenvalue weighted by molar-refractivity contribution is 5.96. The molecule has 92 valence electrons. The third kappa shape index (κ3) is 2.34. The summed E-state index contributed by atoms with van der Waals surface area (Å²) in [7, 11) is 0. The Balaban J connectivity index is 2.27. The lowest BCUT2D eigenvalue weighted by molar-refractivity contribution is -0.122. The maximum absolute atomic E-state index is 12.3. The van der Waals surface area contributed by atoms with Crippen LogP contribution in [0.2, 0.25) is 0 Å². The van der Waals surface area contributed by atoms with Crippen LogP contribution in [0, 0.1) is 5.92 Å². The fourth-order valence-electron chi connectivity index (χ4n) is 2.23. The number of amides is 1. The summed E-state index contributed by atoms with van der Waals surface area (Å²) >= 11 is 0. The molecule has 0 bridgehead atoms. The van der Waals surface area contributed by atoms with Crippen LogP contribution >= 0.6 is 0 Å². The molecule has 2 unspecified atom stereocenters. The van der Waals surface area contributed by atoms with Crippen LogP contribution in [0.1, 0.15) is 25.8 Å². The average Bonchev–Trinajstić information content (AvgIpc) is 2.36. The number of hydrogen-bond acceptors (Lipinski definition) is 2. The van der Waals surface area contributed by atoms with Gasteiger partial charge in [0.2, 0.25) is 5.91 Å². The van der Waals surface area contributed by atoms with Gasteiger partial charge in [0.25, 0.3) is 0 Å². The number of benzene rings is 1. The van der Waals surface area contributed by atoms with Crippen molar-refractivity contribution in [2.45, 2.75) is 32.7 Å². The molecule has 0 spiro atoms. The molecular weight excluding hydrogens is 212 g/mol. The number of carbonyl (C=O) groups excluding carboxylic acids is 1. The fraction of sp³-hybridized carbons (Fsp3) is 0.500. The highest BCUT2D eigenvalue weighted by atomic mass is 16.2. The van der Waals surface area contributed by atoms with E-state index in [-0.39, 0.29) is 17.9 Å². The van der Waals surface area contributed by atoms with Gasteiger partial charge in [-0.1, -0.05) is 25.1 Å². The van der Waals surface area contributed by atoms with E-state index in [0.717, 1.165) is 25.1 Å². The number of fused-ring (bicyclic) bond motifs is 1. The molecule has 0 aromatic heterocycles. The molecule has 1 aliphatic rings. The molecule has 1 amide bonds. The molecule has 3 nitrogen and oxygen atoms in total. The van der Waals surface area contributed by atoms with Gasteiger partial charge in [-0.25, -0.2) is 0 Å². The second kappa shape index (κ2) is 4.88. The van der Waals surface area contributed by atoms with E-state index in [2.05, 4.69) is 6.07 Å². The summed E-state index contributed by atoms with van der Waals surface area (Å²) in [6.45, 7) is 4.61. The molecule has 2 rings (SSSR count). The summed E-state index contributed by atoms with van der Waals surface area (Å²) in [5, 5.41) is 0. The summed E-state index contributed by atoms with van der Waals surface area (Å²) in [4.78, 5) is 14.2. The van der Waals surface area contributed by atoms with Crippen LogP contribution in [0.4, 0.5) is 5.69 Å². The Hall–Kier alpha value is -1.35. The Bertz CT molecular complexity index is 414. The maximum atomic E-state index is 12.3. The molecule has 1 aromatic carbocycles. The lowest BCUT2D eigenvalue weighted by Crippen LogP contribution is -2.44. The molecule has 1 heterocycles. The van der Waals surface area contributed by atoms with E-state index < -0.39 is 0 Å². The summed E-state index contributed by atoms with van der Waals surface area (Å²) in [6.07, 6.45) is 2.10. The molecular formula is C14H20N2O. The third-order valence-corrected chi connectivity index (χ3v) is 3.55. The van der Waals surface area contributed by atoms with Crippen LogP contribution in [-0.2, 0) is 11.2 Å². The molecule has 0 saturated heterocycles. The van der Waals surface area contributed by atoms with Gasteiger partial charge in [-0.3, -0.25) is 4.79 Å². The summed E-state index contributed by atoms with van der Waals surface area (Å²) in [5.74, 6) is 0.0216. The maximum Gasteiger partial charge on any atom is 0.231 e. The lowest BCUT2D eigenvalue weighted by Gasteiger charge is -2.32.